The molecule has 0 spiro atoms. The minimum absolute atomic E-state index is 0.336. The molecule has 0 unspecified atom stereocenters. The fourth-order valence-corrected chi connectivity index (χ4v) is 1.20. The van der Waals surface area contributed by atoms with Crippen LogP contribution >= 0.6 is 0 Å². The summed E-state index contributed by atoms with van der Waals surface area (Å²) in [7, 11) is -3.49. The molecule has 0 bridgehead atoms. The summed E-state index contributed by atoms with van der Waals surface area (Å²) in [6, 6.07) is 0. The summed E-state index contributed by atoms with van der Waals surface area (Å²) in [5.41, 5.74) is -0.525. The Bertz CT molecular complexity index is 217. The number of rotatable bonds is 4. The lowest BCUT2D eigenvalue weighted by molar-refractivity contribution is -0.0362. The average Bonchev–Trinajstić information content (AvgIpc) is 1.83. The van der Waals surface area contributed by atoms with Crippen LogP contribution < -0.4 is 9.61 Å². The van der Waals surface area contributed by atoms with Crippen molar-refractivity contribution in [3.05, 3.63) is 0 Å². The van der Waals surface area contributed by atoms with E-state index in [0.717, 1.165) is 0 Å². The second-order valence-electron chi connectivity index (χ2n) is 3.30. The summed E-state index contributed by atoms with van der Waals surface area (Å²) in [6.07, 6.45) is 0. The van der Waals surface area contributed by atoms with Crippen LogP contribution in [0.2, 0.25) is 0 Å². The molecule has 0 aliphatic carbocycles. The molecule has 0 aromatic carbocycles. The van der Waals surface area contributed by atoms with Crippen LogP contribution in [0.25, 0.3) is 0 Å². The highest BCUT2D eigenvalue weighted by atomic mass is 32.2. The van der Waals surface area contributed by atoms with E-state index in [0.29, 0.717) is 6.54 Å². The van der Waals surface area contributed by atoms with E-state index in [9.17, 15) is 8.42 Å². The standard InChI is InChI=1S/C6H16N2O3S/c1-5-7-12(9,10)8-11-6(2,3)4/h7-8H,5H2,1-4H3. The minimum atomic E-state index is -3.49. The maximum absolute atomic E-state index is 10.9. The van der Waals surface area contributed by atoms with Gasteiger partial charge in [-0.1, -0.05) is 11.8 Å². The molecule has 74 valence electrons. The highest BCUT2D eigenvalue weighted by Crippen LogP contribution is 2.03. The quantitative estimate of drug-likeness (QED) is 0.629. The van der Waals surface area contributed by atoms with Crippen LogP contribution in [0.4, 0.5) is 0 Å². The number of hydrogen-bond donors (Lipinski definition) is 2. The normalized spacial score (nSPS) is 13.3. The van der Waals surface area contributed by atoms with Gasteiger partial charge in [0.15, 0.2) is 0 Å². The maximum Gasteiger partial charge on any atom is 0.299 e. The zero-order valence-electron chi connectivity index (χ0n) is 7.84. The Morgan fingerprint density at radius 2 is 1.83 bits per heavy atom. The predicted octanol–water partition coefficient (Wildman–Crippen LogP) is 0.160. The Hall–Kier alpha value is -0.170. The highest BCUT2D eigenvalue weighted by molar-refractivity contribution is 7.87. The van der Waals surface area contributed by atoms with E-state index in [1.54, 1.807) is 27.7 Å². The Morgan fingerprint density at radius 3 is 2.17 bits per heavy atom. The summed E-state index contributed by atoms with van der Waals surface area (Å²) >= 11 is 0. The van der Waals surface area contributed by atoms with Crippen LogP contribution in [-0.4, -0.2) is 20.6 Å². The van der Waals surface area contributed by atoms with Gasteiger partial charge in [0.1, 0.15) is 0 Å². The highest BCUT2D eigenvalue weighted by Gasteiger charge is 2.15. The van der Waals surface area contributed by atoms with Crippen molar-refractivity contribution in [3.63, 3.8) is 0 Å². The van der Waals surface area contributed by atoms with Gasteiger partial charge in [0.05, 0.1) is 5.60 Å². The van der Waals surface area contributed by atoms with Crippen LogP contribution in [0.3, 0.4) is 0 Å². The first kappa shape index (κ1) is 11.8. The molecule has 0 aliphatic heterocycles. The van der Waals surface area contributed by atoms with E-state index in [-0.39, 0.29) is 0 Å². The molecule has 0 rings (SSSR count). The lowest BCUT2D eigenvalue weighted by atomic mass is 10.2. The summed E-state index contributed by atoms with van der Waals surface area (Å²) in [5.74, 6) is 0. The van der Waals surface area contributed by atoms with Crippen molar-refractivity contribution < 1.29 is 13.3 Å². The van der Waals surface area contributed by atoms with Crippen molar-refractivity contribution in [1.82, 2.24) is 9.61 Å². The van der Waals surface area contributed by atoms with E-state index in [1.807, 2.05) is 4.89 Å². The minimum Gasteiger partial charge on any atom is -0.280 e. The van der Waals surface area contributed by atoms with Gasteiger partial charge in [0.25, 0.3) is 10.2 Å². The second-order valence-corrected chi connectivity index (χ2v) is 4.76. The molecule has 2 N–H and O–H groups in total. The first-order valence-corrected chi connectivity index (χ1v) is 5.19. The van der Waals surface area contributed by atoms with Gasteiger partial charge in [0, 0.05) is 6.54 Å². The molecule has 5 nitrogen and oxygen atoms in total. The van der Waals surface area contributed by atoms with Gasteiger partial charge in [-0.25, -0.2) is 4.72 Å². The van der Waals surface area contributed by atoms with Crippen molar-refractivity contribution >= 4 is 10.2 Å². The number of hydrogen-bond acceptors (Lipinski definition) is 3. The molecule has 0 aromatic rings. The molecular weight excluding hydrogens is 180 g/mol. The maximum atomic E-state index is 10.9. The van der Waals surface area contributed by atoms with Crippen LogP contribution in [0, 0.1) is 0 Å². The van der Waals surface area contributed by atoms with E-state index < -0.39 is 15.8 Å². The Morgan fingerprint density at radius 1 is 1.33 bits per heavy atom. The van der Waals surface area contributed by atoms with Crippen molar-refractivity contribution in [3.8, 4) is 0 Å². The Balaban J connectivity index is 3.94. The molecule has 0 heterocycles. The largest absolute Gasteiger partial charge is 0.299 e. The van der Waals surface area contributed by atoms with Crippen molar-refractivity contribution in [1.29, 1.82) is 0 Å². The van der Waals surface area contributed by atoms with Crippen LogP contribution in [0.5, 0.6) is 0 Å². The van der Waals surface area contributed by atoms with Gasteiger partial charge in [-0.05, 0) is 20.8 Å². The van der Waals surface area contributed by atoms with Crippen LogP contribution in [0.1, 0.15) is 27.7 Å². The Labute approximate surface area is 73.6 Å². The monoisotopic (exact) mass is 196 g/mol. The molecule has 0 aromatic heterocycles. The molecular formula is C6H16N2O3S. The van der Waals surface area contributed by atoms with Gasteiger partial charge in [-0.2, -0.15) is 8.42 Å². The van der Waals surface area contributed by atoms with Crippen LogP contribution in [0.15, 0.2) is 0 Å². The van der Waals surface area contributed by atoms with Gasteiger partial charge in [-0.15, -0.1) is 0 Å². The summed E-state index contributed by atoms with van der Waals surface area (Å²) in [6.45, 7) is 7.28. The topological polar surface area (TPSA) is 67.4 Å². The Kier molecular flexibility index (Phi) is 4.12. The van der Waals surface area contributed by atoms with E-state index >= 15 is 0 Å². The van der Waals surface area contributed by atoms with Gasteiger partial charge in [0.2, 0.25) is 0 Å². The first-order chi connectivity index (χ1) is 5.27. The first-order valence-electron chi connectivity index (χ1n) is 3.71. The molecule has 0 radical (unpaired) electrons. The van der Waals surface area contributed by atoms with E-state index in [2.05, 4.69) is 4.72 Å². The molecule has 0 fully saturated rings. The van der Waals surface area contributed by atoms with E-state index in [1.165, 1.54) is 0 Å². The smallest absolute Gasteiger partial charge is 0.280 e. The zero-order chi connectivity index (χ0) is 9.83. The third kappa shape index (κ3) is 6.53. The van der Waals surface area contributed by atoms with E-state index in [4.69, 9.17) is 4.84 Å². The predicted molar refractivity (Wildman–Crippen MR) is 46.6 cm³/mol. The lowest BCUT2D eigenvalue weighted by Gasteiger charge is -2.18. The third-order valence-electron chi connectivity index (χ3n) is 0.792. The molecule has 12 heavy (non-hydrogen) atoms. The molecule has 6 heteroatoms. The van der Waals surface area contributed by atoms with Crippen LogP contribution in [-0.2, 0) is 15.0 Å². The second kappa shape index (κ2) is 4.18. The van der Waals surface area contributed by atoms with Gasteiger partial charge < -0.3 is 0 Å². The summed E-state index contributed by atoms with van der Waals surface area (Å²) in [5, 5.41) is 0. The average molecular weight is 196 g/mol. The summed E-state index contributed by atoms with van der Waals surface area (Å²) in [4.78, 5) is 6.81. The number of nitrogens with one attached hydrogen (secondary N) is 2. The van der Waals surface area contributed by atoms with Gasteiger partial charge in [-0.3, -0.25) is 4.84 Å². The summed E-state index contributed by atoms with van der Waals surface area (Å²) < 4.78 is 24.1. The molecule has 0 atom stereocenters. The SMILES string of the molecule is CCNS(=O)(=O)NOC(C)(C)C. The third-order valence-corrected chi connectivity index (χ3v) is 1.76. The molecule has 0 saturated carbocycles. The molecule has 0 amide bonds. The fourth-order valence-electron chi connectivity index (χ4n) is 0.399. The van der Waals surface area contributed by atoms with Crippen molar-refractivity contribution in [2.75, 3.05) is 6.54 Å². The molecule has 0 aliphatic rings. The fraction of sp³-hybridized carbons (Fsp3) is 1.00. The van der Waals surface area contributed by atoms with Crippen molar-refractivity contribution in [2.24, 2.45) is 0 Å². The van der Waals surface area contributed by atoms with Gasteiger partial charge >= 0.3 is 0 Å². The zero-order valence-corrected chi connectivity index (χ0v) is 8.66. The van der Waals surface area contributed by atoms with Crippen molar-refractivity contribution in [2.45, 2.75) is 33.3 Å². The lowest BCUT2D eigenvalue weighted by Crippen LogP contribution is -2.40. The molecule has 0 saturated heterocycles.